The van der Waals surface area contributed by atoms with Crippen molar-refractivity contribution in [2.24, 2.45) is 0 Å². The van der Waals surface area contributed by atoms with Crippen molar-refractivity contribution < 1.29 is 14.6 Å². The van der Waals surface area contributed by atoms with Crippen molar-refractivity contribution in [1.82, 2.24) is 20.3 Å². The molecule has 3 rings (SSSR count). The SMILES string of the molecule is CC(Oc1ccc(CO)cc1)c1cn(C[C@@H]2CCC(=O)N2)nn1. The molecule has 2 heterocycles. The summed E-state index contributed by atoms with van der Waals surface area (Å²) >= 11 is 0. The maximum absolute atomic E-state index is 11.2. The molecule has 1 aromatic heterocycles. The molecule has 1 fully saturated rings. The third kappa shape index (κ3) is 3.87. The van der Waals surface area contributed by atoms with Crippen molar-refractivity contribution in [3.05, 3.63) is 41.7 Å². The average molecular weight is 316 g/mol. The van der Waals surface area contributed by atoms with E-state index in [0.717, 1.165) is 17.7 Å². The number of hydrogen-bond donors (Lipinski definition) is 2. The van der Waals surface area contributed by atoms with Crippen molar-refractivity contribution in [2.75, 3.05) is 0 Å². The van der Waals surface area contributed by atoms with Gasteiger partial charge in [0.15, 0.2) is 0 Å². The number of carbonyl (C=O) groups is 1. The molecule has 122 valence electrons. The number of amides is 1. The van der Waals surface area contributed by atoms with Gasteiger partial charge in [0, 0.05) is 12.5 Å². The van der Waals surface area contributed by atoms with Crippen molar-refractivity contribution in [3.63, 3.8) is 0 Å². The van der Waals surface area contributed by atoms with E-state index in [2.05, 4.69) is 15.6 Å². The molecule has 0 radical (unpaired) electrons. The zero-order valence-electron chi connectivity index (χ0n) is 13.0. The number of carbonyl (C=O) groups excluding carboxylic acids is 1. The quantitative estimate of drug-likeness (QED) is 0.835. The molecular formula is C16H20N4O3. The summed E-state index contributed by atoms with van der Waals surface area (Å²) in [6, 6.07) is 7.41. The average Bonchev–Trinajstić information content (AvgIpc) is 3.18. The summed E-state index contributed by atoms with van der Waals surface area (Å²) in [4.78, 5) is 11.2. The normalized spacial score (nSPS) is 18.7. The topological polar surface area (TPSA) is 89.3 Å². The summed E-state index contributed by atoms with van der Waals surface area (Å²) in [5.74, 6) is 0.811. The Labute approximate surface area is 134 Å². The van der Waals surface area contributed by atoms with Crippen LogP contribution >= 0.6 is 0 Å². The Morgan fingerprint density at radius 1 is 1.43 bits per heavy atom. The zero-order chi connectivity index (χ0) is 16.2. The molecule has 23 heavy (non-hydrogen) atoms. The van der Waals surface area contributed by atoms with Gasteiger partial charge in [0.25, 0.3) is 0 Å². The second-order valence-corrected chi connectivity index (χ2v) is 5.73. The van der Waals surface area contributed by atoms with Crippen LogP contribution in [0.4, 0.5) is 0 Å². The van der Waals surface area contributed by atoms with Crippen LogP contribution in [-0.2, 0) is 17.9 Å². The van der Waals surface area contributed by atoms with Crippen molar-refractivity contribution in [1.29, 1.82) is 0 Å². The molecule has 0 saturated carbocycles. The van der Waals surface area contributed by atoms with Crippen LogP contribution in [0.3, 0.4) is 0 Å². The van der Waals surface area contributed by atoms with E-state index in [0.29, 0.717) is 18.7 Å². The molecule has 0 spiro atoms. The van der Waals surface area contributed by atoms with Gasteiger partial charge < -0.3 is 15.2 Å². The summed E-state index contributed by atoms with van der Waals surface area (Å²) < 4.78 is 7.57. The van der Waals surface area contributed by atoms with Crippen LogP contribution in [0.2, 0.25) is 0 Å². The fourth-order valence-corrected chi connectivity index (χ4v) is 2.57. The van der Waals surface area contributed by atoms with Crippen molar-refractivity contribution in [2.45, 2.75) is 45.1 Å². The molecule has 1 aliphatic heterocycles. The lowest BCUT2D eigenvalue weighted by atomic mass is 10.2. The van der Waals surface area contributed by atoms with Gasteiger partial charge in [-0.1, -0.05) is 17.3 Å². The van der Waals surface area contributed by atoms with E-state index in [1.807, 2.05) is 37.4 Å². The summed E-state index contributed by atoms with van der Waals surface area (Å²) in [7, 11) is 0. The first-order valence-corrected chi connectivity index (χ1v) is 7.70. The van der Waals surface area contributed by atoms with Gasteiger partial charge in [-0.05, 0) is 31.0 Å². The number of aliphatic hydroxyl groups excluding tert-OH is 1. The fraction of sp³-hybridized carbons (Fsp3) is 0.438. The third-order valence-electron chi connectivity index (χ3n) is 3.88. The highest BCUT2D eigenvalue weighted by Crippen LogP contribution is 2.21. The van der Waals surface area contributed by atoms with Gasteiger partial charge in [-0.2, -0.15) is 0 Å². The van der Waals surface area contributed by atoms with E-state index in [-0.39, 0.29) is 24.7 Å². The Kier molecular flexibility index (Phi) is 4.57. The lowest BCUT2D eigenvalue weighted by Gasteiger charge is -2.12. The van der Waals surface area contributed by atoms with Crippen LogP contribution in [0.25, 0.3) is 0 Å². The monoisotopic (exact) mass is 316 g/mol. The summed E-state index contributed by atoms with van der Waals surface area (Å²) in [5.41, 5.74) is 1.58. The van der Waals surface area contributed by atoms with Crippen LogP contribution in [0.5, 0.6) is 5.75 Å². The molecule has 2 atom stereocenters. The predicted molar refractivity (Wildman–Crippen MR) is 82.6 cm³/mol. The Balaban J connectivity index is 1.59. The van der Waals surface area contributed by atoms with E-state index >= 15 is 0 Å². The molecule has 2 aromatic rings. The maximum Gasteiger partial charge on any atom is 0.220 e. The number of ether oxygens (including phenoxy) is 1. The van der Waals surface area contributed by atoms with Gasteiger partial charge in [-0.25, -0.2) is 0 Å². The molecule has 7 nitrogen and oxygen atoms in total. The molecular weight excluding hydrogens is 296 g/mol. The number of nitrogens with zero attached hydrogens (tertiary/aromatic N) is 3. The number of hydrogen-bond acceptors (Lipinski definition) is 5. The first kappa shape index (κ1) is 15.5. The molecule has 1 saturated heterocycles. The number of benzene rings is 1. The molecule has 2 N–H and O–H groups in total. The predicted octanol–water partition coefficient (Wildman–Crippen LogP) is 1.19. The smallest absolute Gasteiger partial charge is 0.220 e. The largest absolute Gasteiger partial charge is 0.484 e. The molecule has 7 heteroatoms. The Morgan fingerprint density at radius 2 is 2.22 bits per heavy atom. The van der Waals surface area contributed by atoms with E-state index in [4.69, 9.17) is 9.84 Å². The second-order valence-electron chi connectivity index (χ2n) is 5.73. The van der Waals surface area contributed by atoms with Crippen molar-refractivity contribution >= 4 is 5.91 Å². The first-order chi connectivity index (χ1) is 11.1. The maximum atomic E-state index is 11.2. The highest BCUT2D eigenvalue weighted by atomic mass is 16.5. The molecule has 1 amide bonds. The third-order valence-corrected chi connectivity index (χ3v) is 3.88. The minimum Gasteiger partial charge on any atom is -0.484 e. The van der Waals surface area contributed by atoms with E-state index in [1.54, 1.807) is 4.68 Å². The van der Waals surface area contributed by atoms with Crippen LogP contribution in [0.1, 0.15) is 37.1 Å². The second kappa shape index (κ2) is 6.78. The number of rotatable bonds is 6. The van der Waals surface area contributed by atoms with Crippen molar-refractivity contribution in [3.8, 4) is 5.75 Å². The summed E-state index contributed by atoms with van der Waals surface area (Å²) in [6.45, 7) is 2.55. The van der Waals surface area contributed by atoms with E-state index < -0.39 is 0 Å². The standard InChI is InChI=1S/C16H20N4O3/c1-11(23-14-5-2-12(10-21)3-6-14)15-9-20(19-18-15)8-13-4-7-16(22)17-13/h2-3,5-6,9,11,13,21H,4,7-8,10H2,1H3,(H,17,22)/t11?,13-/m0/s1. The molecule has 0 bridgehead atoms. The summed E-state index contributed by atoms with van der Waals surface area (Å²) in [5, 5.41) is 20.2. The number of nitrogens with one attached hydrogen (secondary N) is 1. The van der Waals surface area contributed by atoms with Crippen LogP contribution in [-0.4, -0.2) is 32.0 Å². The summed E-state index contributed by atoms with van der Waals surface area (Å²) in [6.07, 6.45) is 3.02. The van der Waals surface area contributed by atoms with E-state index in [1.165, 1.54) is 0 Å². The van der Waals surface area contributed by atoms with Gasteiger partial charge >= 0.3 is 0 Å². The lowest BCUT2D eigenvalue weighted by molar-refractivity contribution is -0.119. The number of aromatic nitrogens is 3. The fourth-order valence-electron chi connectivity index (χ4n) is 2.57. The highest BCUT2D eigenvalue weighted by Gasteiger charge is 2.22. The van der Waals surface area contributed by atoms with Crippen LogP contribution in [0.15, 0.2) is 30.5 Å². The molecule has 1 aromatic carbocycles. The van der Waals surface area contributed by atoms with Gasteiger partial charge in [0.1, 0.15) is 17.5 Å². The van der Waals surface area contributed by atoms with Crippen LogP contribution < -0.4 is 10.1 Å². The van der Waals surface area contributed by atoms with E-state index in [9.17, 15) is 4.79 Å². The molecule has 1 aliphatic rings. The minimum absolute atomic E-state index is 0.0157. The molecule has 0 aliphatic carbocycles. The first-order valence-electron chi connectivity index (χ1n) is 7.70. The van der Waals surface area contributed by atoms with Gasteiger partial charge in [0.2, 0.25) is 5.91 Å². The van der Waals surface area contributed by atoms with Gasteiger partial charge in [-0.15, -0.1) is 5.10 Å². The highest BCUT2D eigenvalue weighted by molar-refractivity contribution is 5.78. The van der Waals surface area contributed by atoms with Gasteiger partial charge in [0.05, 0.1) is 19.3 Å². The minimum atomic E-state index is -0.234. The number of aliphatic hydroxyl groups is 1. The zero-order valence-corrected chi connectivity index (χ0v) is 13.0. The molecule has 1 unspecified atom stereocenters. The van der Waals surface area contributed by atoms with Crippen LogP contribution in [0, 0.1) is 0 Å². The lowest BCUT2D eigenvalue weighted by Crippen LogP contribution is -2.29. The Morgan fingerprint density at radius 3 is 2.87 bits per heavy atom. The van der Waals surface area contributed by atoms with Gasteiger partial charge in [-0.3, -0.25) is 9.48 Å². The Hall–Kier alpha value is -2.41. The Bertz CT molecular complexity index is 668.